The van der Waals surface area contributed by atoms with E-state index in [0.29, 0.717) is 23.8 Å². The second kappa shape index (κ2) is 5.11. The van der Waals surface area contributed by atoms with Crippen molar-refractivity contribution in [3.05, 3.63) is 23.8 Å². The number of carbonyl (C=O) groups excluding carboxylic acids is 1. The van der Waals surface area contributed by atoms with E-state index in [4.69, 9.17) is 10.5 Å². The van der Waals surface area contributed by atoms with Gasteiger partial charge in [0.25, 0.3) is 0 Å². The summed E-state index contributed by atoms with van der Waals surface area (Å²) in [5.74, 6) is 0.368. The summed E-state index contributed by atoms with van der Waals surface area (Å²) in [4.78, 5) is 11.7. The van der Waals surface area contributed by atoms with Gasteiger partial charge in [0.1, 0.15) is 0 Å². The van der Waals surface area contributed by atoms with Gasteiger partial charge >= 0.3 is 5.97 Å². The number of benzene rings is 1. The van der Waals surface area contributed by atoms with E-state index in [2.05, 4.69) is 19.2 Å². The highest BCUT2D eigenvalue weighted by Gasteiger charge is 2.37. The molecule has 1 aromatic carbocycles. The number of nitrogen functional groups attached to an aromatic ring is 1. The molecule has 0 saturated heterocycles. The van der Waals surface area contributed by atoms with E-state index in [9.17, 15) is 4.79 Å². The summed E-state index contributed by atoms with van der Waals surface area (Å²) >= 11 is 0. The molecule has 4 nitrogen and oxygen atoms in total. The van der Waals surface area contributed by atoms with Crippen molar-refractivity contribution in [3.8, 4) is 0 Å². The lowest BCUT2D eigenvalue weighted by molar-refractivity contribution is 0.0526. The highest BCUT2D eigenvalue weighted by atomic mass is 16.5. The summed E-state index contributed by atoms with van der Waals surface area (Å²) in [6.45, 7) is 6.51. The number of esters is 1. The molecular formula is C15H22N2O2. The third-order valence-corrected chi connectivity index (χ3v) is 3.62. The van der Waals surface area contributed by atoms with Crippen LogP contribution in [-0.4, -0.2) is 18.1 Å². The lowest BCUT2D eigenvalue weighted by Gasteiger charge is -2.28. The van der Waals surface area contributed by atoms with Crippen LogP contribution in [0.25, 0.3) is 0 Å². The molecule has 1 aliphatic rings. The van der Waals surface area contributed by atoms with E-state index >= 15 is 0 Å². The Labute approximate surface area is 114 Å². The van der Waals surface area contributed by atoms with Gasteiger partial charge in [0.15, 0.2) is 0 Å². The van der Waals surface area contributed by atoms with Gasteiger partial charge in [0.2, 0.25) is 0 Å². The van der Waals surface area contributed by atoms with E-state index in [1.165, 1.54) is 12.8 Å². The topological polar surface area (TPSA) is 64.3 Å². The van der Waals surface area contributed by atoms with E-state index in [0.717, 1.165) is 5.69 Å². The third kappa shape index (κ3) is 3.19. The SMILES string of the molecule is CCOC(=O)c1ccc(N)c(NC(C)(C)C2CC2)c1. The summed E-state index contributed by atoms with van der Waals surface area (Å²) in [5.41, 5.74) is 7.97. The lowest BCUT2D eigenvalue weighted by atomic mass is 9.98. The molecule has 3 N–H and O–H groups in total. The Morgan fingerprint density at radius 3 is 2.74 bits per heavy atom. The molecule has 1 aromatic rings. The lowest BCUT2D eigenvalue weighted by Crippen LogP contribution is -2.33. The molecule has 19 heavy (non-hydrogen) atoms. The van der Waals surface area contributed by atoms with Crippen molar-refractivity contribution in [2.24, 2.45) is 5.92 Å². The number of carbonyl (C=O) groups is 1. The van der Waals surface area contributed by atoms with E-state index in [1.807, 2.05) is 0 Å². The molecule has 0 atom stereocenters. The molecule has 1 fully saturated rings. The number of hydrogen-bond donors (Lipinski definition) is 2. The summed E-state index contributed by atoms with van der Waals surface area (Å²) in [6.07, 6.45) is 2.49. The average molecular weight is 262 g/mol. The predicted molar refractivity (Wildman–Crippen MR) is 77.2 cm³/mol. The fraction of sp³-hybridized carbons (Fsp3) is 0.533. The molecule has 104 valence electrons. The molecule has 0 aliphatic heterocycles. The van der Waals surface area contributed by atoms with Gasteiger partial charge in [-0.1, -0.05) is 0 Å². The van der Waals surface area contributed by atoms with Crippen molar-refractivity contribution in [3.63, 3.8) is 0 Å². The van der Waals surface area contributed by atoms with Crippen LogP contribution >= 0.6 is 0 Å². The molecule has 2 rings (SSSR count). The van der Waals surface area contributed by atoms with Crippen LogP contribution in [0.3, 0.4) is 0 Å². The van der Waals surface area contributed by atoms with Crippen LogP contribution < -0.4 is 11.1 Å². The van der Waals surface area contributed by atoms with Crippen molar-refractivity contribution in [2.75, 3.05) is 17.7 Å². The summed E-state index contributed by atoms with van der Waals surface area (Å²) in [6, 6.07) is 5.22. The van der Waals surface area contributed by atoms with Gasteiger partial charge < -0.3 is 15.8 Å². The number of nitrogens with one attached hydrogen (secondary N) is 1. The van der Waals surface area contributed by atoms with Crippen molar-refractivity contribution >= 4 is 17.3 Å². The highest BCUT2D eigenvalue weighted by Crippen LogP contribution is 2.41. The number of hydrogen-bond acceptors (Lipinski definition) is 4. The Balaban J connectivity index is 2.19. The smallest absolute Gasteiger partial charge is 0.338 e. The first kappa shape index (κ1) is 13.7. The minimum atomic E-state index is -0.310. The van der Waals surface area contributed by atoms with Crippen LogP contribution in [0, 0.1) is 5.92 Å². The minimum absolute atomic E-state index is 0.00139. The molecular weight excluding hydrogens is 240 g/mol. The quantitative estimate of drug-likeness (QED) is 0.632. The van der Waals surface area contributed by atoms with Gasteiger partial charge in [-0.05, 0) is 57.7 Å². The molecule has 1 saturated carbocycles. The third-order valence-electron chi connectivity index (χ3n) is 3.62. The van der Waals surface area contributed by atoms with Gasteiger partial charge in [0, 0.05) is 5.54 Å². The Morgan fingerprint density at radius 1 is 1.47 bits per heavy atom. The molecule has 0 radical (unpaired) electrons. The molecule has 1 aliphatic carbocycles. The second-order valence-electron chi connectivity index (χ2n) is 5.64. The van der Waals surface area contributed by atoms with Crippen LogP contribution in [0.1, 0.15) is 44.0 Å². The zero-order valence-corrected chi connectivity index (χ0v) is 11.8. The molecule has 0 amide bonds. The molecule has 0 bridgehead atoms. The Morgan fingerprint density at radius 2 is 2.16 bits per heavy atom. The molecule has 4 heteroatoms. The van der Waals surface area contributed by atoms with E-state index in [-0.39, 0.29) is 11.5 Å². The van der Waals surface area contributed by atoms with E-state index in [1.54, 1.807) is 25.1 Å². The summed E-state index contributed by atoms with van der Waals surface area (Å²) < 4.78 is 5.01. The van der Waals surface area contributed by atoms with Gasteiger partial charge in [-0.2, -0.15) is 0 Å². The Hall–Kier alpha value is -1.71. The van der Waals surface area contributed by atoms with Crippen LogP contribution in [0.2, 0.25) is 0 Å². The number of rotatable bonds is 5. The van der Waals surface area contributed by atoms with Crippen LogP contribution in [-0.2, 0) is 4.74 Å². The molecule has 0 spiro atoms. The van der Waals surface area contributed by atoms with Crippen LogP contribution in [0.4, 0.5) is 11.4 Å². The Bertz CT molecular complexity index is 479. The number of nitrogens with two attached hydrogens (primary N) is 1. The number of anilines is 2. The predicted octanol–water partition coefficient (Wildman–Crippen LogP) is 3.05. The van der Waals surface area contributed by atoms with E-state index < -0.39 is 0 Å². The van der Waals surface area contributed by atoms with Gasteiger partial charge in [-0.15, -0.1) is 0 Å². The first-order valence-corrected chi connectivity index (χ1v) is 6.79. The van der Waals surface area contributed by atoms with Crippen molar-refractivity contribution in [1.29, 1.82) is 0 Å². The average Bonchev–Trinajstić information content (AvgIpc) is 3.16. The fourth-order valence-corrected chi connectivity index (χ4v) is 2.26. The maximum atomic E-state index is 11.7. The zero-order valence-electron chi connectivity index (χ0n) is 11.8. The molecule has 0 heterocycles. The molecule has 0 unspecified atom stereocenters. The van der Waals surface area contributed by atoms with Crippen LogP contribution in [0.5, 0.6) is 0 Å². The normalized spacial score (nSPS) is 15.1. The number of ether oxygens (including phenoxy) is 1. The molecule has 0 aromatic heterocycles. The Kier molecular flexibility index (Phi) is 3.69. The summed E-state index contributed by atoms with van der Waals surface area (Å²) in [7, 11) is 0. The maximum Gasteiger partial charge on any atom is 0.338 e. The fourth-order valence-electron chi connectivity index (χ4n) is 2.26. The van der Waals surface area contributed by atoms with Crippen LogP contribution in [0.15, 0.2) is 18.2 Å². The first-order valence-electron chi connectivity index (χ1n) is 6.79. The minimum Gasteiger partial charge on any atom is -0.462 e. The van der Waals surface area contributed by atoms with Crippen molar-refractivity contribution in [2.45, 2.75) is 39.2 Å². The van der Waals surface area contributed by atoms with Gasteiger partial charge in [-0.25, -0.2) is 4.79 Å². The van der Waals surface area contributed by atoms with Gasteiger partial charge in [0.05, 0.1) is 23.5 Å². The highest BCUT2D eigenvalue weighted by molar-refractivity contribution is 5.92. The maximum absolute atomic E-state index is 11.7. The van der Waals surface area contributed by atoms with Crippen molar-refractivity contribution in [1.82, 2.24) is 0 Å². The first-order chi connectivity index (χ1) is 8.94. The monoisotopic (exact) mass is 262 g/mol. The second-order valence-corrected chi connectivity index (χ2v) is 5.64. The van der Waals surface area contributed by atoms with Gasteiger partial charge in [-0.3, -0.25) is 0 Å². The van der Waals surface area contributed by atoms with Crippen molar-refractivity contribution < 1.29 is 9.53 Å². The summed E-state index contributed by atoms with van der Waals surface area (Å²) in [5, 5.41) is 3.45. The largest absolute Gasteiger partial charge is 0.462 e. The zero-order chi connectivity index (χ0) is 14.0. The standard InChI is InChI=1S/C15H22N2O2/c1-4-19-14(18)10-5-8-12(16)13(9-10)17-15(2,3)11-6-7-11/h5,8-9,11,17H,4,6-7,16H2,1-3H3.